The highest BCUT2D eigenvalue weighted by Crippen LogP contribution is 2.34. The molecule has 0 bridgehead atoms. The van der Waals surface area contributed by atoms with E-state index in [2.05, 4.69) is 63.5 Å². The zero-order valence-corrected chi connectivity index (χ0v) is 29.6. The van der Waals surface area contributed by atoms with Gasteiger partial charge in [-0.1, -0.05) is 67.6 Å². The lowest BCUT2D eigenvalue weighted by molar-refractivity contribution is 0.0229. The van der Waals surface area contributed by atoms with Crippen LogP contribution in [0.15, 0.2) is 91.1 Å². The van der Waals surface area contributed by atoms with Crippen molar-refractivity contribution in [3.63, 3.8) is 0 Å². The van der Waals surface area contributed by atoms with Gasteiger partial charge in [-0.05, 0) is 91.8 Å². The Labute approximate surface area is 297 Å². The fraction of sp³-hybridized carbons (Fsp3) is 0.317. The van der Waals surface area contributed by atoms with Crippen LogP contribution in [0.2, 0.25) is 0 Å². The first kappa shape index (κ1) is 33.8. The van der Waals surface area contributed by atoms with Crippen LogP contribution < -0.4 is 0 Å². The summed E-state index contributed by atoms with van der Waals surface area (Å²) in [5.41, 5.74) is 6.29. The fourth-order valence-electron chi connectivity index (χ4n) is 6.63. The van der Waals surface area contributed by atoms with Crippen LogP contribution in [0.5, 0.6) is 0 Å². The average molecular weight is 685 g/mol. The van der Waals surface area contributed by atoms with E-state index in [1.54, 1.807) is 9.80 Å². The highest BCUT2D eigenvalue weighted by atomic mass is 16.6. The molecule has 1 aliphatic heterocycles. The van der Waals surface area contributed by atoms with Crippen molar-refractivity contribution in [2.75, 3.05) is 13.1 Å². The molecule has 6 aromatic rings. The molecule has 2 aromatic heterocycles. The van der Waals surface area contributed by atoms with E-state index in [-0.39, 0.29) is 24.8 Å². The Morgan fingerprint density at radius 1 is 0.922 bits per heavy atom. The van der Waals surface area contributed by atoms with E-state index in [0.29, 0.717) is 25.5 Å². The summed E-state index contributed by atoms with van der Waals surface area (Å²) in [6.07, 6.45) is 3.72. The van der Waals surface area contributed by atoms with Crippen molar-refractivity contribution in [1.29, 1.82) is 0 Å². The normalized spacial score (nSPS) is 14.7. The first-order valence-electron chi connectivity index (χ1n) is 17.7. The summed E-state index contributed by atoms with van der Waals surface area (Å²) in [6.45, 7) is 9.48. The number of amides is 2. The molecule has 1 fully saturated rings. The third kappa shape index (κ3) is 7.75. The molecule has 2 amide bonds. The van der Waals surface area contributed by atoms with Gasteiger partial charge < -0.3 is 24.3 Å². The Morgan fingerprint density at radius 3 is 2.41 bits per heavy atom. The van der Waals surface area contributed by atoms with Gasteiger partial charge in [0.1, 0.15) is 23.9 Å². The second-order valence-electron chi connectivity index (χ2n) is 14.2. The molecule has 7 rings (SSSR count). The van der Waals surface area contributed by atoms with Gasteiger partial charge in [-0.25, -0.2) is 19.6 Å². The van der Waals surface area contributed by atoms with Crippen molar-refractivity contribution in [3.05, 3.63) is 108 Å². The second-order valence-corrected chi connectivity index (χ2v) is 14.2. The van der Waals surface area contributed by atoms with Gasteiger partial charge in [0, 0.05) is 18.7 Å². The minimum atomic E-state index is -0.558. The maximum absolute atomic E-state index is 13.0. The lowest BCUT2D eigenvalue weighted by atomic mass is 9.99. The number of H-pyrrole nitrogens is 2. The molecule has 4 aromatic carbocycles. The summed E-state index contributed by atoms with van der Waals surface area (Å²) in [6, 6.07) is 28.7. The Hall–Kier alpha value is -5.64. The van der Waals surface area contributed by atoms with Crippen LogP contribution >= 0.6 is 0 Å². The number of hydrogen-bond donors (Lipinski definition) is 2. The summed E-state index contributed by atoms with van der Waals surface area (Å²) in [5.74, 6) is 1.49. The highest BCUT2D eigenvalue weighted by molar-refractivity contribution is 5.92. The van der Waals surface area contributed by atoms with E-state index in [1.807, 2.05) is 70.3 Å². The summed E-state index contributed by atoms with van der Waals surface area (Å²) >= 11 is 0. The van der Waals surface area contributed by atoms with Gasteiger partial charge in [0.25, 0.3) is 0 Å². The SMILES string of the molecule is CCCN(Cc1ncc(-c2ccc3cc(-c4ccc5nc([C@@H]6CCCN6C(=O)OCc6ccccc6)[nH]c5c4)ccc3c2)[nH]1)C(=O)OC(C)(C)C. The van der Waals surface area contributed by atoms with Crippen LogP contribution in [-0.4, -0.2) is 60.6 Å². The molecule has 1 atom stereocenters. The quantitative estimate of drug-likeness (QED) is 0.157. The van der Waals surface area contributed by atoms with Crippen molar-refractivity contribution in [2.24, 2.45) is 0 Å². The van der Waals surface area contributed by atoms with Gasteiger partial charge in [0.15, 0.2) is 0 Å². The molecule has 0 radical (unpaired) electrons. The van der Waals surface area contributed by atoms with Gasteiger partial charge >= 0.3 is 12.2 Å². The van der Waals surface area contributed by atoms with E-state index in [4.69, 9.17) is 14.5 Å². The lowest BCUT2D eigenvalue weighted by Crippen LogP contribution is -2.37. The number of carbonyl (C=O) groups excluding carboxylic acids is 2. The van der Waals surface area contributed by atoms with Crippen molar-refractivity contribution < 1.29 is 19.1 Å². The standard InChI is InChI=1S/C41H44N6O4/c1-5-19-46(39(48)51-41(2,3)4)25-37-42-24-35(43-37)32-16-15-28-21-29(13-14-30(28)22-32)31-17-18-33-34(23-31)45-38(44-33)36-12-9-20-47(36)40(49)50-26-27-10-7-6-8-11-27/h6-8,10-11,13-18,21-24,36H,5,9,12,19-20,25-26H2,1-4H3,(H,42,43)(H,44,45)/t36-/m0/s1. The van der Waals surface area contributed by atoms with Crippen molar-refractivity contribution in [2.45, 2.75) is 71.8 Å². The summed E-state index contributed by atoms with van der Waals surface area (Å²) < 4.78 is 11.3. The maximum Gasteiger partial charge on any atom is 0.410 e. The van der Waals surface area contributed by atoms with Crippen molar-refractivity contribution in [3.8, 4) is 22.4 Å². The second kappa shape index (κ2) is 14.3. The van der Waals surface area contributed by atoms with Crippen LogP contribution in [0, 0.1) is 0 Å². The number of likely N-dealkylation sites (tertiary alicyclic amines) is 1. The lowest BCUT2D eigenvalue weighted by Gasteiger charge is -2.26. The number of fused-ring (bicyclic) bond motifs is 2. The minimum absolute atomic E-state index is 0.148. The number of aromatic amines is 2. The molecule has 1 saturated heterocycles. The van der Waals surface area contributed by atoms with Gasteiger partial charge in [-0.2, -0.15) is 0 Å². The third-order valence-corrected chi connectivity index (χ3v) is 9.11. The smallest absolute Gasteiger partial charge is 0.410 e. The number of nitrogens with zero attached hydrogens (tertiary/aromatic N) is 4. The first-order chi connectivity index (χ1) is 24.6. The summed E-state index contributed by atoms with van der Waals surface area (Å²) in [5, 5.41) is 2.23. The van der Waals surface area contributed by atoms with E-state index in [0.717, 1.165) is 74.8 Å². The van der Waals surface area contributed by atoms with Crippen LogP contribution in [0.4, 0.5) is 9.59 Å². The predicted molar refractivity (Wildman–Crippen MR) is 199 cm³/mol. The van der Waals surface area contributed by atoms with Gasteiger partial charge in [-0.15, -0.1) is 0 Å². The third-order valence-electron chi connectivity index (χ3n) is 9.11. The number of ether oxygens (including phenoxy) is 2. The number of hydrogen-bond acceptors (Lipinski definition) is 6. The highest BCUT2D eigenvalue weighted by Gasteiger charge is 2.33. The Morgan fingerprint density at radius 2 is 1.65 bits per heavy atom. The van der Waals surface area contributed by atoms with Crippen molar-refractivity contribution in [1.82, 2.24) is 29.7 Å². The molecule has 262 valence electrons. The molecule has 2 N–H and O–H groups in total. The van der Waals surface area contributed by atoms with E-state index in [1.165, 1.54) is 0 Å². The largest absolute Gasteiger partial charge is 0.445 e. The number of rotatable bonds is 9. The van der Waals surface area contributed by atoms with Crippen molar-refractivity contribution >= 4 is 34.0 Å². The molecule has 0 aliphatic carbocycles. The minimum Gasteiger partial charge on any atom is -0.445 e. The average Bonchev–Trinajstić information content (AvgIpc) is 3.89. The fourth-order valence-corrected chi connectivity index (χ4v) is 6.63. The summed E-state index contributed by atoms with van der Waals surface area (Å²) in [4.78, 5) is 45.6. The molecule has 51 heavy (non-hydrogen) atoms. The van der Waals surface area contributed by atoms with Gasteiger partial charge in [-0.3, -0.25) is 4.90 Å². The Kier molecular flexibility index (Phi) is 9.49. The Balaban J connectivity index is 1.05. The molecule has 0 spiro atoms. The molecule has 0 saturated carbocycles. The zero-order valence-electron chi connectivity index (χ0n) is 29.6. The maximum atomic E-state index is 13.0. The van der Waals surface area contributed by atoms with E-state index in [9.17, 15) is 9.59 Å². The first-order valence-corrected chi connectivity index (χ1v) is 17.7. The molecule has 3 heterocycles. The molecule has 1 aliphatic rings. The molecular weight excluding hydrogens is 640 g/mol. The van der Waals surface area contributed by atoms with Gasteiger partial charge in [0.05, 0.1) is 35.5 Å². The van der Waals surface area contributed by atoms with E-state index >= 15 is 0 Å². The molecule has 10 heteroatoms. The number of imidazole rings is 2. The van der Waals surface area contributed by atoms with E-state index < -0.39 is 5.60 Å². The summed E-state index contributed by atoms with van der Waals surface area (Å²) in [7, 11) is 0. The topological polar surface area (TPSA) is 116 Å². The predicted octanol–water partition coefficient (Wildman–Crippen LogP) is 9.39. The Bertz CT molecular complexity index is 2170. The van der Waals surface area contributed by atoms with Crippen LogP contribution in [0.1, 0.15) is 70.2 Å². The molecular formula is C41H44N6O4. The van der Waals surface area contributed by atoms with Crippen LogP contribution in [-0.2, 0) is 22.6 Å². The molecule has 10 nitrogen and oxygen atoms in total. The number of carbonyl (C=O) groups is 2. The van der Waals surface area contributed by atoms with Gasteiger partial charge in [0.2, 0.25) is 0 Å². The number of nitrogens with one attached hydrogen (secondary N) is 2. The number of benzene rings is 4. The van der Waals surface area contributed by atoms with Crippen LogP contribution in [0.25, 0.3) is 44.2 Å². The molecule has 0 unspecified atom stereocenters. The van der Waals surface area contributed by atoms with Crippen LogP contribution in [0.3, 0.4) is 0 Å². The zero-order chi connectivity index (χ0) is 35.5. The number of aromatic nitrogens is 4. The monoisotopic (exact) mass is 684 g/mol.